The van der Waals surface area contributed by atoms with E-state index in [-0.39, 0.29) is 34.1 Å². The number of hydrogen-bond donors (Lipinski definition) is 3. The first kappa shape index (κ1) is 16.1. The molecule has 0 aromatic heterocycles. The summed E-state index contributed by atoms with van der Waals surface area (Å²) >= 11 is -0.342. The van der Waals surface area contributed by atoms with Gasteiger partial charge in [-0.25, -0.2) is 11.1 Å². The Morgan fingerprint density at radius 1 is 1.26 bits per heavy atom. The average molecular weight is 283 g/mol. The van der Waals surface area contributed by atoms with E-state index in [0.717, 1.165) is 5.56 Å². The van der Waals surface area contributed by atoms with Gasteiger partial charge in [0.2, 0.25) is 0 Å². The molecule has 1 atom stereocenters. The molecule has 0 saturated heterocycles. The van der Waals surface area contributed by atoms with Crippen LogP contribution in [-0.4, -0.2) is 29.4 Å². The number of hydrogen-bond acceptors (Lipinski definition) is 3. The summed E-state index contributed by atoms with van der Waals surface area (Å²) in [5.74, 6) is 0.486. The van der Waals surface area contributed by atoms with Gasteiger partial charge in [0.15, 0.2) is 5.78 Å². The summed E-state index contributed by atoms with van der Waals surface area (Å²) in [7, 11) is 0. The van der Waals surface area contributed by atoms with Gasteiger partial charge in [0.05, 0.1) is 6.04 Å². The average Bonchev–Trinajstić information content (AvgIpc) is 2.28. The zero-order chi connectivity index (χ0) is 14.6. The zero-order valence-corrected chi connectivity index (χ0v) is 13.3. The lowest BCUT2D eigenvalue weighted by Crippen LogP contribution is -2.42. The number of aromatic hydroxyl groups is 1. The van der Waals surface area contributed by atoms with E-state index in [1.165, 1.54) is 0 Å². The van der Waals surface area contributed by atoms with Gasteiger partial charge in [0, 0.05) is 5.41 Å². The predicted molar refractivity (Wildman–Crippen MR) is 84.0 cm³/mol. The van der Waals surface area contributed by atoms with Crippen LogP contribution in [0.2, 0.25) is 0 Å². The molecule has 0 radical (unpaired) electrons. The molecule has 0 heterocycles. The van der Waals surface area contributed by atoms with Crippen molar-refractivity contribution in [3.8, 4) is 5.75 Å². The zero-order valence-electron chi connectivity index (χ0n) is 12.4. The first-order valence-corrected chi connectivity index (χ1v) is 8.69. The Labute approximate surface area is 118 Å². The standard InChI is InChI=1S/C15H25NO2S/c1-15(2,3)14(18)13(16-19(4)5)10-11-6-8-12(17)9-7-11/h6-9,13,16-17,19H,10H2,1-5H3/t13-/m1/s1. The van der Waals surface area contributed by atoms with Crippen LogP contribution in [0.1, 0.15) is 26.3 Å². The topological polar surface area (TPSA) is 49.3 Å². The van der Waals surface area contributed by atoms with Crippen molar-refractivity contribution in [3.05, 3.63) is 29.8 Å². The van der Waals surface area contributed by atoms with Gasteiger partial charge in [-0.1, -0.05) is 32.9 Å². The SMILES string of the molecule is C[SH](C)N[C@H](Cc1ccc(O)cc1)C(=O)C(C)(C)C. The van der Waals surface area contributed by atoms with Gasteiger partial charge < -0.3 is 5.11 Å². The Morgan fingerprint density at radius 2 is 1.79 bits per heavy atom. The van der Waals surface area contributed by atoms with E-state index in [4.69, 9.17) is 0 Å². The largest absolute Gasteiger partial charge is 0.508 e. The third-order valence-electron chi connectivity index (χ3n) is 2.85. The lowest BCUT2D eigenvalue weighted by molar-refractivity contribution is -0.127. The summed E-state index contributed by atoms with van der Waals surface area (Å²) in [4.78, 5) is 12.5. The fourth-order valence-electron chi connectivity index (χ4n) is 1.90. The molecule has 0 aliphatic rings. The molecule has 0 aliphatic carbocycles. The highest BCUT2D eigenvalue weighted by Gasteiger charge is 2.29. The van der Waals surface area contributed by atoms with Crippen LogP contribution in [0.5, 0.6) is 5.75 Å². The number of Topliss-reactive ketones (excluding diaryl/α,β-unsaturated/α-hetero) is 1. The summed E-state index contributed by atoms with van der Waals surface area (Å²) in [6.07, 6.45) is 4.88. The Morgan fingerprint density at radius 3 is 2.21 bits per heavy atom. The maximum atomic E-state index is 12.5. The Kier molecular flexibility index (Phi) is 5.44. The molecule has 0 unspecified atom stereocenters. The van der Waals surface area contributed by atoms with Gasteiger partial charge in [0.25, 0.3) is 0 Å². The summed E-state index contributed by atoms with van der Waals surface area (Å²) in [5, 5.41) is 9.30. The van der Waals surface area contributed by atoms with Crippen LogP contribution >= 0.6 is 11.1 Å². The van der Waals surface area contributed by atoms with Crippen molar-refractivity contribution in [2.75, 3.05) is 12.5 Å². The van der Waals surface area contributed by atoms with Crippen molar-refractivity contribution in [2.24, 2.45) is 5.41 Å². The second kappa shape index (κ2) is 6.44. The van der Waals surface area contributed by atoms with Crippen LogP contribution in [0.15, 0.2) is 24.3 Å². The number of phenols is 1. The van der Waals surface area contributed by atoms with Gasteiger partial charge >= 0.3 is 0 Å². The minimum Gasteiger partial charge on any atom is -0.508 e. The number of nitrogens with one attached hydrogen (secondary N) is 1. The molecule has 19 heavy (non-hydrogen) atoms. The second-order valence-electron chi connectivity index (χ2n) is 6.06. The highest BCUT2D eigenvalue weighted by atomic mass is 32.2. The molecule has 0 saturated carbocycles. The minimum absolute atomic E-state index is 0.161. The quantitative estimate of drug-likeness (QED) is 0.728. The summed E-state index contributed by atoms with van der Waals surface area (Å²) in [6, 6.07) is 6.90. The van der Waals surface area contributed by atoms with E-state index in [1.807, 2.05) is 32.9 Å². The van der Waals surface area contributed by atoms with Gasteiger partial charge in [-0.2, -0.15) is 0 Å². The highest BCUT2D eigenvalue weighted by Crippen LogP contribution is 2.22. The van der Waals surface area contributed by atoms with E-state index in [2.05, 4.69) is 17.2 Å². The Bertz CT molecular complexity index is 421. The maximum absolute atomic E-state index is 12.5. The molecule has 0 aliphatic heterocycles. The number of carbonyl (C=O) groups is 1. The van der Waals surface area contributed by atoms with E-state index in [9.17, 15) is 9.90 Å². The van der Waals surface area contributed by atoms with Crippen molar-refractivity contribution in [1.29, 1.82) is 0 Å². The maximum Gasteiger partial charge on any atom is 0.156 e. The molecule has 0 bridgehead atoms. The Balaban J connectivity index is 2.86. The third-order valence-corrected chi connectivity index (χ3v) is 3.67. The molecule has 1 aromatic rings. The fraction of sp³-hybridized carbons (Fsp3) is 0.533. The van der Waals surface area contributed by atoms with Gasteiger partial charge in [0.1, 0.15) is 5.75 Å². The molecular weight excluding hydrogens is 258 g/mol. The van der Waals surface area contributed by atoms with Crippen LogP contribution < -0.4 is 4.72 Å². The minimum atomic E-state index is -0.347. The number of rotatable bonds is 5. The smallest absolute Gasteiger partial charge is 0.156 e. The second-order valence-corrected chi connectivity index (χ2v) is 8.11. The highest BCUT2D eigenvalue weighted by molar-refractivity contribution is 8.14. The van der Waals surface area contributed by atoms with Crippen molar-refractivity contribution in [1.82, 2.24) is 4.72 Å². The summed E-state index contributed by atoms with van der Waals surface area (Å²) in [6.45, 7) is 5.86. The first-order chi connectivity index (χ1) is 8.70. The van der Waals surface area contributed by atoms with Crippen LogP contribution in [0, 0.1) is 5.41 Å². The summed E-state index contributed by atoms with van der Waals surface area (Å²) < 4.78 is 3.40. The van der Waals surface area contributed by atoms with E-state index < -0.39 is 0 Å². The fourth-order valence-corrected chi connectivity index (χ4v) is 2.73. The molecule has 0 fully saturated rings. The van der Waals surface area contributed by atoms with Crippen LogP contribution in [0.25, 0.3) is 0 Å². The number of thiol groups is 1. The van der Waals surface area contributed by atoms with Crippen molar-refractivity contribution < 1.29 is 9.90 Å². The molecule has 3 nitrogen and oxygen atoms in total. The Hall–Kier alpha value is -1.00. The molecular formula is C15H25NO2S. The van der Waals surface area contributed by atoms with Crippen molar-refractivity contribution >= 4 is 16.9 Å². The summed E-state index contributed by atoms with van der Waals surface area (Å²) in [5.41, 5.74) is 0.713. The molecule has 2 N–H and O–H groups in total. The molecule has 1 rings (SSSR count). The molecule has 0 spiro atoms. The molecule has 0 amide bonds. The number of ketones is 1. The first-order valence-electron chi connectivity index (χ1n) is 6.46. The number of benzene rings is 1. The van der Waals surface area contributed by atoms with Gasteiger partial charge in [-0.05, 0) is 36.6 Å². The van der Waals surface area contributed by atoms with Crippen LogP contribution in [-0.2, 0) is 11.2 Å². The molecule has 4 heteroatoms. The predicted octanol–water partition coefficient (Wildman–Crippen LogP) is 2.68. The number of phenolic OH excluding ortho intramolecular Hbond substituents is 1. The van der Waals surface area contributed by atoms with Crippen LogP contribution in [0.3, 0.4) is 0 Å². The van der Waals surface area contributed by atoms with Crippen LogP contribution in [0.4, 0.5) is 0 Å². The normalized spacial score (nSPS) is 14.1. The van der Waals surface area contributed by atoms with E-state index >= 15 is 0 Å². The monoisotopic (exact) mass is 283 g/mol. The molecule has 108 valence electrons. The lowest BCUT2D eigenvalue weighted by Gasteiger charge is -2.28. The third kappa shape index (κ3) is 5.25. The van der Waals surface area contributed by atoms with Crippen molar-refractivity contribution in [2.45, 2.75) is 33.2 Å². The van der Waals surface area contributed by atoms with E-state index in [1.54, 1.807) is 12.1 Å². The lowest BCUT2D eigenvalue weighted by atomic mass is 9.85. The van der Waals surface area contributed by atoms with Gasteiger partial charge in [-0.3, -0.25) is 9.52 Å². The van der Waals surface area contributed by atoms with Gasteiger partial charge in [-0.15, -0.1) is 0 Å². The number of carbonyl (C=O) groups excluding carboxylic acids is 1. The van der Waals surface area contributed by atoms with E-state index in [0.29, 0.717) is 6.42 Å². The molecule has 1 aromatic carbocycles. The van der Waals surface area contributed by atoms with Crippen molar-refractivity contribution in [3.63, 3.8) is 0 Å².